The molecule has 2 saturated heterocycles. The van der Waals surface area contributed by atoms with Crippen molar-refractivity contribution in [2.24, 2.45) is 0 Å². The lowest BCUT2D eigenvalue weighted by Gasteiger charge is -2.46. The molecule has 1 aromatic carbocycles. The van der Waals surface area contributed by atoms with Gasteiger partial charge < -0.3 is 60.4 Å². The SMILES string of the molecule is O=C(O)c1ccccc1NC1OC(CO)C(OC2OC(CO)C(O)C(O)C2O)C(O)C1O. The maximum absolute atomic E-state index is 11.4. The van der Waals surface area contributed by atoms with Crippen LogP contribution in [0.15, 0.2) is 24.3 Å². The number of carboxylic acids is 1. The number of aliphatic hydroxyl groups is 7. The van der Waals surface area contributed by atoms with Crippen LogP contribution in [0.3, 0.4) is 0 Å². The van der Waals surface area contributed by atoms with Crippen molar-refractivity contribution in [2.75, 3.05) is 18.5 Å². The average Bonchev–Trinajstić information content (AvgIpc) is 2.78. The van der Waals surface area contributed by atoms with Crippen LogP contribution in [0, 0.1) is 0 Å². The highest BCUT2D eigenvalue weighted by Gasteiger charge is 2.50. The van der Waals surface area contributed by atoms with E-state index in [0.717, 1.165) is 0 Å². The van der Waals surface area contributed by atoms with Crippen molar-refractivity contribution >= 4 is 11.7 Å². The molecular weight excluding hydrogens is 434 g/mol. The Morgan fingerprint density at radius 1 is 0.875 bits per heavy atom. The lowest BCUT2D eigenvalue weighted by molar-refractivity contribution is -0.340. The average molecular weight is 461 g/mol. The largest absolute Gasteiger partial charge is 0.478 e. The number of carboxylic acid groups (broad SMARTS) is 1. The number of rotatable bonds is 7. The number of benzene rings is 1. The molecule has 180 valence electrons. The number of hydrogen-bond acceptors (Lipinski definition) is 12. The highest BCUT2D eigenvalue weighted by molar-refractivity contribution is 5.94. The maximum atomic E-state index is 11.4. The summed E-state index contributed by atoms with van der Waals surface area (Å²) < 4.78 is 16.3. The molecule has 0 bridgehead atoms. The van der Waals surface area contributed by atoms with Gasteiger partial charge in [0, 0.05) is 0 Å². The normalized spacial score (nSPS) is 40.1. The Bertz CT molecular complexity index is 776. The van der Waals surface area contributed by atoms with Gasteiger partial charge in [-0.05, 0) is 12.1 Å². The van der Waals surface area contributed by atoms with Crippen LogP contribution < -0.4 is 5.32 Å². The van der Waals surface area contributed by atoms with Crippen molar-refractivity contribution in [3.05, 3.63) is 29.8 Å². The molecule has 9 N–H and O–H groups in total. The van der Waals surface area contributed by atoms with Gasteiger partial charge in [0.2, 0.25) is 0 Å². The minimum Gasteiger partial charge on any atom is -0.478 e. The van der Waals surface area contributed by atoms with Crippen LogP contribution in [-0.4, -0.2) is 121 Å². The smallest absolute Gasteiger partial charge is 0.337 e. The first-order chi connectivity index (χ1) is 15.2. The van der Waals surface area contributed by atoms with E-state index in [9.17, 15) is 45.6 Å². The van der Waals surface area contributed by atoms with Crippen molar-refractivity contribution in [3.8, 4) is 0 Å². The Morgan fingerprint density at radius 3 is 2.16 bits per heavy atom. The van der Waals surface area contributed by atoms with E-state index in [2.05, 4.69) is 5.32 Å². The number of hydrogen-bond donors (Lipinski definition) is 9. The van der Waals surface area contributed by atoms with E-state index in [1.165, 1.54) is 18.2 Å². The third kappa shape index (κ3) is 4.87. The van der Waals surface area contributed by atoms with Crippen molar-refractivity contribution < 1.29 is 59.9 Å². The molecule has 10 atom stereocenters. The Morgan fingerprint density at radius 2 is 1.53 bits per heavy atom. The van der Waals surface area contributed by atoms with E-state index < -0.39 is 80.5 Å². The Balaban J connectivity index is 1.75. The van der Waals surface area contributed by atoms with Crippen LogP contribution in [-0.2, 0) is 14.2 Å². The van der Waals surface area contributed by atoms with E-state index in [0.29, 0.717) is 0 Å². The summed E-state index contributed by atoms with van der Waals surface area (Å²) in [5, 5.41) is 82.0. The summed E-state index contributed by atoms with van der Waals surface area (Å²) in [6.45, 7) is -1.40. The molecule has 2 aliphatic rings. The molecule has 0 radical (unpaired) electrons. The van der Waals surface area contributed by atoms with Gasteiger partial charge in [0.25, 0.3) is 0 Å². The molecule has 0 amide bonds. The van der Waals surface area contributed by atoms with E-state index in [1.54, 1.807) is 6.07 Å². The van der Waals surface area contributed by atoms with E-state index in [1.807, 2.05) is 0 Å². The van der Waals surface area contributed by atoms with Gasteiger partial charge in [-0.15, -0.1) is 0 Å². The zero-order chi connectivity index (χ0) is 23.6. The minimum atomic E-state index is -1.77. The zero-order valence-corrected chi connectivity index (χ0v) is 16.7. The first-order valence-electron chi connectivity index (χ1n) is 9.86. The highest BCUT2D eigenvalue weighted by atomic mass is 16.7. The monoisotopic (exact) mass is 461 g/mol. The van der Waals surface area contributed by atoms with Gasteiger partial charge in [0.15, 0.2) is 12.5 Å². The van der Waals surface area contributed by atoms with Gasteiger partial charge in [-0.25, -0.2) is 4.79 Å². The summed E-state index contributed by atoms with van der Waals surface area (Å²) in [7, 11) is 0. The third-order valence-electron chi connectivity index (χ3n) is 5.46. The molecule has 32 heavy (non-hydrogen) atoms. The standard InChI is InChI=1S/C19H27NO12/c21-5-9-11(23)12(24)15(27)19(31-9)32-16-10(6-22)30-17(14(26)13(16)25)20-8-4-2-1-3-7(8)18(28)29/h1-4,9-17,19-27H,5-6H2,(H,28,29). The Hall–Kier alpha value is -1.91. The number of aliphatic hydroxyl groups excluding tert-OH is 7. The van der Waals surface area contributed by atoms with Crippen molar-refractivity contribution in [1.82, 2.24) is 0 Å². The lowest BCUT2D eigenvalue weighted by atomic mass is 9.96. The molecular formula is C19H27NO12. The van der Waals surface area contributed by atoms with Gasteiger partial charge in [0.1, 0.15) is 48.8 Å². The van der Waals surface area contributed by atoms with Crippen molar-refractivity contribution in [3.63, 3.8) is 0 Å². The third-order valence-corrected chi connectivity index (χ3v) is 5.46. The second-order valence-electron chi connectivity index (χ2n) is 7.55. The molecule has 2 aliphatic heterocycles. The van der Waals surface area contributed by atoms with Crippen LogP contribution in [0.2, 0.25) is 0 Å². The second kappa shape index (κ2) is 10.4. The number of para-hydroxylation sites is 1. The molecule has 10 unspecified atom stereocenters. The molecule has 13 nitrogen and oxygen atoms in total. The van der Waals surface area contributed by atoms with Crippen LogP contribution in [0.1, 0.15) is 10.4 Å². The van der Waals surface area contributed by atoms with Gasteiger partial charge in [0.05, 0.1) is 24.5 Å². The first kappa shape index (κ1) is 24.7. The van der Waals surface area contributed by atoms with Gasteiger partial charge >= 0.3 is 5.97 Å². The summed E-state index contributed by atoms with van der Waals surface area (Å²) in [6, 6.07) is 5.80. The fourth-order valence-corrected chi connectivity index (χ4v) is 3.66. The van der Waals surface area contributed by atoms with Crippen LogP contribution in [0.4, 0.5) is 5.69 Å². The summed E-state index contributed by atoms with van der Waals surface area (Å²) in [4.78, 5) is 11.4. The number of carbonyl (C=O) groups is 1. The molecule has 0 spiro atoms. The molecule has 2 fully saturated rings. The first-order valence-corrected chi connectivity index (χ1v) is 9.86. The van der Waals surface area contributed by atoms with E-state index in [-0.39, 0.29) is 11.3 Å². The molecule has 3 rings (SSSR count). The molecule has 0 saturated carbocycles. The fourth-order valence-electron chi connectivity index (χ4n) is 3.66. The minimum absolute atomic E-state index is 0.0984. The van der Waals surface area contributed by atoms with Gasteiger partial charge in [-0.1, -0.05) is 12.1 Å². The van der Waals surface area contributed by atoms with E-state index in [4.69, 9.17) is 14.2 Å². The maximum Gasteiger partial charge on any atom is 0.337 e. The quantitative estimate of drug-likeness (QED) is 0.192. The second-order valence-corrected chi connectivity index (χ2v) is 7.55. The van der Waals surface area contributed by atoms with Gasteiger partial charge in [-0.3, -0.25) is 0 Å². The summed E-state index contributed by atoms with van der Waals surface area (Å²) in [6.07, 6.45) is -15.5. The number of aromatic carboxylic acids is 1. The van der Waals surface area contributed by atoms with Gasteiger partial charge in [-0.2, -0.15) is 0 Å². The number of nitrogens with one attached hydrogen (secondary N) is 1. The Labute approximate surface area is 182 Å². The molecule has 2 heterocycles. The van der Waals surface area contributed by atoms with Crippen molar-refractivity contribution in [1.29, 1.82) is 0 Å². The van der Waals surface area contributed by atoms with Crippen LogP contribution in [0.5, 0.6) is 0 Å². The Kier molecular flexibility index (Phi) is 8.00. The number of ether oxygens (including phenoxy) is 3. The molecule has 0 aliphatic carbocycles. The van der Waals surface area contributed by atoms with E-state index >= 15 is 0 Å². The molecule has 1 aromatic rings. The summed E-state index contributed by atoms with van der Waals surface area (Å²) >= 11 is 0. The predicted molar refractivity (Wildman–Crippen MR) is 103 cm³/mol. The zero-order valence-electron chi connectivity index (χ0n) is 16.7. The molecule has 13 heteroatoms. The van der Waals surface area contributed by atoms with Crippen molar-refractivity contribution in [2.45, 2.75) is 61.3 Å². The van der Waals surface area contributed by atoms with Crippen LogP contribution >= 0.6 is 0 Å². The predicted octanol–water partition coefficient (Wildman–Crippen LogP) is -3.58. The summed E-state index contributed by atoms with van der Waals surface area (Å²) in [5.41, 5.74) is -0.0146. The van der Waals surface area contributed by atoms with Crippen LogP contribution in [0.25, 0.3) is 0 Å². The molecule has 0 aromatic heterocycles. The summed E-state index contributed by atoms with van der Waals surface area (Å²) in [5.74, 6) is -1.23. The fraction of sp³-hybridized carbons (Fsp3) is 0.632. The topological polar surface area (TPSA) is 219 Å². The number of anilines is 1. The lowest BCUT2D eigenvalue weighted by Crippen LogP contribution is -2.65. The highest BCUT2D eigenvalue weighted by Crippen LogP contribution is 2.30.